The van der Waals surface area contributed by atoms with Crippen LogP contribution < -0.4 is 5.32 Å². The van der Waals surface area contributed by atoms with Gasteiger partial charge in [0, 0.05) is 19.0 Å². The number of hydrogen-bond donors (Lipinski definition) is 2. The first-order chi connectivity index (χ1) is 9.09. The molecule has 0 aromatic heterocycles. The van der Waals surface area contributed by atoms with Crippen LogP contribution in [0.2, 0.25) is 0 Å². The standard InChI is InChI=1S/C15H19NO3/c1-12-6-2-3-7-13(12)9-10-14(17)16-11-5-4-8-15(18)19/h2-3,6-7,9-10H,4-5,8,11H2,1H3,(H,16,17)(H,18,19)/b10-9+. The van der Waals surface area contributed by atoms with Gasteiger partial charge in [-0.25, -0.2) is 0 Å². The van der Waals surface area contributed by atoms with Crippen LogP contribution in [0.5, 0.6) is 0 Å². The first-order valence-corrected chi connectivity index (χ1v) is 6.33. The highest BCUT2D eigenvalue weighted by molar-refractivity contribution is 5.91. The van der Waals surface area contributed by atoms with E-state index in [1.807, 2.05) is 31.2 Å². The largest absolute Gasteiger partial charge is 0.481 e. The van der Waals surface area contributed by atoms with Crippen molar-refractivity contribution in [1.82, 2.24) is 5.32 Å². The third kappa shape index (κ3) is 6.41. The van der Waals surface area contributed by atoms with Gasteiger partial charge in [0.25, 0.3) is 0 Å². The molecule has 4 nitrogen and oxygen atoms in total. The maximum absolute atomic E-state index is 11.5. The predicted octanol–water partition coefficient (Wildman–Crippen LogP) is 2.38. The number of carbonyl (C=O) groups excluding carboxylic acids is 1. The van der Waals surface area contributed by atoms with Gasteiger partial charge in [0.15, 0.2) is 0 Å². The third-order valence-corrected chi connectivity index (χ3v) is 2.72. The number of aliphatic carboxylic acids is 1. The van der Waals surface area contributed by atoms with Gasteiger partial charge in [-0.1, -0.05) is 24.3 Å². The molecule has 0 aliphatic heterocycles. The first kappa shape index (κ1) is 15.0. The minimum atomic E-state index is -0.800. The zero-order chi connectivity index (χ0) is 14.1. The highest BCUT2D eigenvalue weighted by atomic mass is 16.4. The van der Waals surface area contributed by atoms with Crippen molar-refractivity contribution in [3.05, 3.63) is 41.5 Å². The van der Waals surface area contributed by atoms with E-state index < -0.39 is 5.97 Å². The van der Waals surface area contributed by atoms with Gasteiger partial charge in [0.1, 0.15) is 0 Å². The summed E-state index contributed by atoms with van der Waals surface area (Å²) >= 11 is 0. The van der Waals surface area contributed by atoms with E-state index >= 15 is 0 Å². The van der Waals surface area contributed by atoms with Crippen molar-refractivity contribution in [3.63, 3.8) is 0 Å². The van der Waals surface area contributed by atoms with Crippen molar-refractivity contribution in [3.8, 4) is 0 Å². The molecule has 2 N–H and O–H groups in total. The van der Waals surface area contributed by atoms with Crippen molar-refractivity contribution < 1.29 is 14.7 Å². The molecule has 1 aromatic rings. The fraction of sp³-hybridized carbons (Fsp3) is 0.333. The van der Waals surface area contributed by atoms with E-state index in [0.29, 0.717) is 19.4 Å². The summed E-state index contributed by atoms with van der Waals surface area (Å²) in [5, 5.41) is 11.2. The van der Waals surface area contributed by atoms with Gasteiger partial charge in [0.05, 0.1) is 0 Å². The molecule has 102 valence electrons. The summed E-state index contributed by atoms with van der Waals surface area (Å²) in [6, 6.07) is 7.82. The first-order valence-electron chi connectivity index (χ1n) is 6.33. The molecule has 0 atom stereocenters. The van der Waals surface area contributed by atoms with E-state index in [2.05, 4.69) is 5.32 Å². The number of rotatable bonds is 7. The minimum Gasteiger partial charge on any atom is -0.481 e. The molecular weight excluding hydrogens is 242 g/mol. The Morgan fingerprint density at radius 2 is 2.00 bits per heavy atom. The summed E-state index contributed by atoms with van der Waals surface area (Å²) in [5.74, 6) is -0.954. The second-order valence-corrected chi connectivity index (χ2v) is 4.33. The van der Waals surface area contributed by atoms with Crippen LogP contribution in [-0.2, 0) is 9.59 Å². The van der Waals surface area contributed by atoms with Crippen LogP contribution in [0.15, 0.2) is 30.3 Å². The maximum atomic E-state index is 11.5. The molecule has 0 unspecified atom stereocenters. The molecule has 0 bridgehead atoms. The Balaban J connectivity index is 2.28. The molecule has 0 saturated carbocycles. The van der Waals surface area contributed by atoms with Gasteiger partial charge in [0.2, 0.25) is 5.91 Å². The molecule has 0 saturated heterocycles. The molecule has 1 amide bonds. The van der Waals surface area contributed by atoms with E-state index in [4.69, 9.17) is 5.11 Å². The van der Waals surface area contributed by atoms with Crippen molar-refractivity contribution in [2.75, 3.05) is 6.54 Å². The zero-order valence-corrected chi connectivity index (χ0v) is 11.1. The Bertz CT molecular complexity index is 466. The van der Waals surface area contributed by atoms with Gasteiger partial charge >= 0.3 is 5.97 Å². The van der Waals surface area contributed by atoms with Gasteiger partial charge < -0.3 is 10.4 Å². The molecule has 1 rings (SSSR count). The fourth-order valence-electron chi connectivity index (χ4n) is 1.61. The van der Waals surface area contributed by atoms with Crippen LogP contribution in [0.25, 0.3) is 6.08 Å². The summed E-state index contributed by atoms with van der Waals surface area (Å²) in [7, 11) is 0. The quantitative estimate of drug-likeness (QED) is 0.585. The smallest absolute Gasteiger partial charge is 0.303 e. The van der Waals surface area contributed by atoms with Crippen LogP contribution in [0.4, 0.5) is 0 Å². The number of unbranched alkanes of at least 4 members (excludes halogenated alkanes) is 1. The number of benzene rings is 1. The summed E-state index contributed by atoms with van der Waals surface area (Å²) in [5.41, 5.74) is 2.14. The second-order valence-electron chi connectivity index (χ2n) is 4.33. The number of amides is 1. The molecule has 0 heterocycles. The maximum Gasteiger partial charge on any atom is 0.303 e. The van der Waals surface area contributed by atoms with Crippen molar-refractivity contribution in [1.29, 1.82) is 0 Å². The number of carboxylic acid groups (broad SMARTS) is 1. The average Bonchev–Trinajstić information content (AvgIpc) is 2.37. The average molecular weight is 261 g/mol. The Morgan fingerprint density at radius 1 is 1.26 bits per heavy atom. The topological polar surface area (TPSA) is 66.4 Å². The molecule has 4 heteroatoms. The van der Waals surface area contributed by atoms with Crippen molar-refractivity contribution in [2.24, 2.45) is 0 Å². The number of nitrogens with one attached hydrogen (secondary N) is 1. The summed E-state index contributed by atoms with van der Waals surface area (Å²) in [6.07, 6.45) is 4.68. The minimum absolute atomic E-state index is 0.148. The summed E-state index contributed by atoms with van der Waals surface area (Å²) < 4.78 is 0. The monoisotopic (exact) mass is 261 g/mol. The Labute approximate surface area is 113 Å². The number of carbonyl (C=O) groups is 2. The number of carboxylic acids is 1. The van der Waals surface area contributed by atoms with Crippen LogP contribution in [-0.4, -0.2) is 23.5 Å². The molecule has 0 aliphatic rings. The Kier molecular flexibility index (Phi) is 6.36. The van der Waals surface area contributed by atoms with Crippen LogP contribution in [0, 0.1) is 6.92 Å². The van der Waals surface area contributed by atoms with Gasteiger partial charge in [-0.15, -0.1) is 0 Å². The molecule has 0 fully saturated rings. The van der Waals surface area contributed by atoms with E-state index in [9.17, 15) is 9.59 Å². The second kappa shape index (κ2) is 8.08. The van der Waals surface area contributed by atoms with Crippen molar-refractivity contribution in [2.45, 2.75) is 26.2 Å². The number of aryl methyl sites for hydroxylation is 1. The van der Waals surface area contributed by atoms with Crippen LogP contribution in [0.3, 0.4) is 0 Å². The zero-order valence-electron chi connectivity index (χ0n) is 11.1. The van der Waals surface area contributed by atoms with Crippen LogP contribution >= 0.6 is 0 Å². The molecule has 0 spiro atoms. The molecule has 1 aromatic carbocycles. The predicted molar refractivity (Wildman–Crippen MR) is 74.7 cm³/mol. The lowest BCUT2D eigenvalue weighted by molar-refractivity contribution is -0.137. The van der Waals surface area contributed by atoms with Gasteiger partial charge in [-0.05, 0) is 37.0 Å². The SMILES string of the molecule is Cc1ccccc1/C=C/C(=O)NCCCCC(=O)O. The van der Waals surface area contributed by atoms with E-state index in [1.54, 1.807) is 6.08 Å². The van der Waals surface area contributed by atoms with Crippen molar-refractivity contribution >= 4 is 18.0 Å². The molecule has 19 heavy (non-hydrogen) atoms. The molecule has 0 radical (unpaired) electrons. The Morgan fingerprint density at radius 3 is 2.68 bits per heavy atom. The summed E-state index contributed by atoms with van der Waals surface area (Å²) in [4.78, 5) is 21.8. The van der Waals surface area contributed by atoms with Gasteiger partial charge in [-0.3, -0.25) is 9.59 Å². The lowest BCUT2D eigenvalue weighted by Crippen LogP contribution is -2.22. The van der Waals surface area contributed by atoms with Gasteiger partial charge in [-0.2, -0.15) is 0 Å². The van der Waals surface area contributed by atoms with Crippen LogP contribution in [0.1, 0.15) is 30.4 Å². The fourth-order valence-corrected chi connectivity index (χ4v) is 1.61. The highest BCUT2D eigenvalue weighted by Gasteiger charge is 1.98. The Hall–Kier alpha value is -2.10. The highest BCUT2D eigenvalue weighted by Crippen LogP contribution is 2.08. The van der Waals surface area contributed by atoms with E-state index in [0.717, 1.165) is 11.1 Å². The van der Waals surface area contributed by atoms with E-state index in [-0.39, 0.29) is 12.3 Å². The van der Waals surface area contributed by atoms with E-state index in [1.165, 1.54) is 6.08 Å². The molecular formula is C15H19NO3. The summed E-state index contributed by atoms with van der Waals surface area (Å²) in [6.45, 7) is 2.49. The lowest BCUT2D eigenvalue weighted by atomic mass is 10.1. The normalized spacial score (nSPS) is 10.6. The molecule has 0 aliphatic carbocycles. The lowest BCUT2D eigenvalue weighted by Gasteiger charge is -2.01. The third-order valence-electron chi connectivity index (χ3n) is 2.72. The number of hydrogen-bond acceptors (Lipinski definition) is 2.